The Morgan fingerprint density at radius 3 is 1.45 bits per heavy atom. The highest BCUT2D eigenvalue weighted by Gasteiger charge is 2.49. The van der Waals surface area contributed by atoms with E-state index in [0.717, 1.165) is 0 Å². The molecule has 0 amide bonds. The molecule has 0 unspecified atom stereocenters. The lowest BCUT2D eigenvalue weighted by Gasteiger charge is -2.34. The van der Waals surface area contributed by atoms with Crippen molar-refractivity contribution in [3.8, 4) is 0 Å². The Balaban J connectivity index is 2.89. The number of nitrogens with one attached hydrogen (secondary N) is 1. The lowest BCUT2D eigenvalue weighted by Crippen LogP contribution is -2.47. The zero-order valence-electron chi connectivity index (χ0n) is 8.71. The molecule has 0 aromatic carbocycles. The fraction of sp³-hybridized carbons (Fsp3) is 1.00. The van der Waals surface area contributed by atoms with Gasteiger partial charge in [-0.1, -0.05) is 13.8 Å². The van der Waals surface area contributed by atoms with Crippen LogP contribution in [0.15, 0.2) is 0 Å². The van der Waals surface area contributed by atoms with E-state index in [9.17, 15) is 0 Å². The van der Waals surface area contributed by atoms with E-state index in [1.807, 2.05) is 0 Å². The molecule has 1 heteroatoms. The molecule has 0 bridgehead atoms. The fourth-order valence-corrected chi connectivity index (χ4v) is 2.39. The average Bonchev–Trinajstić information content (AvgIpc) is 1.66. The van der Waals surface area contributed by atoms with E-state index in [2.05, 4.69) is 46.9 Å². The van der Waals surface area contributed by atoms with Crippen LogP contribution in [0.3, 0.4) is 0 Å². The van der Waals surface area contributed by atoms with E-state index in [1.54, 1.807) is 0 Å². The molecule has 1 fully saturated rings. The van der Waals surface area contributed by atoms with Crippen molar-refractivity contribution in [1.29, 1.82) is 0 Å². The van der Waals surface area contributed by atoms with Gasteiger partial charge in [0.1, 0.15) is 0 Å². The number of hydrogen-bond acceptors (Lipinski definition) is 1. The average molecular weight is 155 g/mol. The largest absolute Gasteiger partial charge is 0.306 e. The predicted octanol–water partition coefficient (Wildman–Crippen LogP) is 2.56. The van der Waals surface area contributed by atoms with Crippen LogP contribution in [0.2, 0.25) is 0 Å². The molecule has 0 spiro atoms. The minimum absolute atomic E-state index is 0.274. The highest BCUT2D eigenvalue weighted by Crippen LogP contribution is 2.45. The van der Waals surface area contributed by atoms with Crippen molar-refractivity contribution in [3.63, 3.8) is 0 Å². The van der Waals surface area contributed by atoms with Crippen LogP contribution in [-0.2, 0) is 0 Å². The maximum Gasteiger partial charge on any atom is 0.0181 e. The molecule has 1 N–H and O–H groups in total. The standard InChI is InChI=1S/C10H21N/c1-8(2)7-9(3,4)11-10(8,5)6/h11H,7H2,1-6H3. The van der Waals surface area contributed by atoms with Gasteiger partial charge in [-0.2, -0.15) is 0 Å². The van der Waals surface area contributed by atoms with Gasteiger partial charge in [-0.05, 0) is 39.5 Å². The van der Waals surface area contributed by atoms with E-state index < -0.39 is 0 Å². The zero-order valence-corrected chi connectivity index (χ0v) is 8.71. The molecular weight excluding hydrogens is 134 g/mol. The normalized spacial score (nSPS) is 32.2. The van der Waals surface area contributed by atoms with Gasteiger partial charge in [0, 0.05) is 11.1 Å². The predicted molar refractivity (Wildman–Crippen MR) is 49.7 cm³/mol. The number of rotatable bonds is 0. The molecule has 1 saturated heterocycles. The van der Waals surface area contributed by atoms with Crippen molar-refractivity contribution in [2.45, 2.75) is 59.0 Å². The second-order valence-corrected chi connectivity index (χ2v) is 5.69. The van der Waals surface area contributed by atoms with E-state index in [4.69, 9.17) is 0 Å². The summed E-state index contributed by atoms with van der Waals surface area (Å²) < 4.78 is 0. The summed E-state index contributed by atoms with van der Waals surface area (Å²) in [5.74, 6) is 0. The molecule has 11 heavy (non-hydrogen) atoms. The lowest BCUT2D eigenvalue weighted by molar-refractivity contribution is 0.224. The molecule has 1 aliphatic rings. The molecule has 0 atom stereocenters. The van der Waals surface area contributed by atoms with Gasteiger partial charge in [-0.25, -0.2) is 0 Å². The van der Waals surface area contributed by atoms with E-state index in [0.29, 0.717) is 11.0 Å². The van der Waals surface area contributed by atoms with Gasteiger partial charge in [0.25, 0.3) is 0 Å². The Labute approximate surface area is 70.6 Å². The number of hydrogen-bond donors (Lipinski definition) is 1. The summed E-state index contributed by atoms with van der Waals surface area (Å²) >= 11 is 0. The second-order valence-electron chi connectivity index (χ2n) is 5.69. The smallest absolute Gasteiger partial charge is 0.0181 e. The summed E-state index contributed by atoms with van der Waals surface area (Å²) in [6, 6.07) is 0. The zero-order chi connectivity index (χ0) is 8.91. The lowest BCUT2D eigenvalue weighted by atomic mass is 9.74. The van der Waals surface area contributed by atoms with Gasteiger partial charge < -0.3 is 5.32 Å². The Kier molecular flexibility index (Phi) is 1.65. The van der Waals surface area contributed by atoms with E-state index >= 15 is 0 Å². The quantitative estimate of drug-likeness (QED) is 0.567. The third-order valence-corrected chi connectivity index (χ3v) is 3.23. The Morgan fingerprint density at radius 2 is 1.36 bits per heavy atom. The second kappa shape index (κ2) is 2.01. The van der Waals surface area contributed by atoms with Gasteiger partial charge in [-0.3, -0.25) is 0 Å². The fourth-order valence-electron chi connectivity index (χ4n) is 2.39. The molecule has 1 aliphatic heterocycles. The highest BCUT2D eigenvalue weighted by atomic mass is 15.1. The van der Waals surface area contributed by atoms with Gasteiger partial charge in [0.05, 0.1) is 0 Å². The monoisotopic (exact) mass is 155 g/mol. The first-order valence-electron chi connectivity index (χ1n) is 4.46. The highest BCUT2D eigenvalue weighted by molar-refractivity contribution is 5.07. The summed E-state index contributed by atoms with van der Waals surface area (Å²) in [6.45, 7) is 13.8. The topological polar surface area (TPSA) is 12.0 Å². The van der Waals surface area contributed by atoms with Gasteiger partial charge in [0.2, 0.25) is 0 Å². The molecule has 1 rings (SSSR count). The molecule has 0 aromatic rings. The van der Waals surface area contributed by atoms with Crippen molar-refractivity contribution in [1.82, 2.24) is 5.32 Å². The van der Waals surface area contributed by atoms with Gasteiger partial charge in [-0.15, -0.1) is 0 Å². The van der Waals surface area contributed by atoms with Gasteiger partial charge >= 0.3 is 0 Å². The van der Waals surface area contributed by atoms with Crippen molar-refractivity contribution in [3.05, 3.63) is 0 Å². The minimum Gasteiger partial charge on any atom is -0.306 e. The summed E-state index contributed by atoms with van der Waals surface area (Å²) in [6.07, 6.45) is 1.26. The third kappa shape index (κ3) is 1.44. The van der Waals surface area contributed by atoms with Crippen LogP contribution >= 0.6 is 0 Å². The first-order valence-corrected chi connectivity index (χ1v) is 4.46. The molecule has 1 nitrogen and oxygen atoms in total. The first-order chi connectivity index (χ1) is 4.66. The third-order valence-electron chi connectivity index (χ3n) is 3.23. The molecule has 0 radical (unpaired) electrons. The van der Waals surface area contributed by atoms with Crippen LogP contribution < -0.4 is 5.32 Å². The van der Waals surface area contributed by atoms with Crippen molar-refractivity contribution >= 4 is 0 Å². The summed E-state index contributed by atoms with van der Waals surface area (Å²) in [5, 5.41) is 3.66. The summed E-state index contributed by atoms with van der Waals surface area (Å²) in [5.41, 5.74) is 1.00. The van der Waals surface area contributed by atoms with Crippen LogP contribution in [-0.4, -0.2) is 11.1 Å². The van der Waals surface area contributed by atoms with E-state index in [1.165, 1.54) is 6.42 Å². The van der Waals surface area contributed by atoms with Crippen molar-refractivity contribution in [2.24, 2.45) is 5.41 Å². The minimum atomic E-state index is 0.274. The van der Waals surface area contributed by atoms with Gasteiger partial charge in [0.15, 0.2) is 0 Å². The van der Waals surface area contributed by atoms with Crippen LogP contribution in [0.25, 0.3) is 0 Å². The molecule has 0 saturated carbocycles. The maximum absolute atomic E-state index is 3.66. The van der Waals surface area contributed by atoms with Crippen molar-refractivity contribution < 1.29 is 0 Å². The Hall–Kier alpha value is -0.0400. The molecule has 0 aromatic heterocycles. The van der Waals surface area contributed by atoms with E-state index in [-0.39, 0.29) is 5.54 Å². The Morgan fingerprint density at radius 1 is 0.909 bits per heavy atom. The van der Waals surface area contributed by atoms with Crippen LogP contribution in [0.1, 0.15) is 48.0 Å². The summed E-state index contributed by atoms with van der Waals surface area (Å²) in [7, 11) is 0. The van der Waals surface area contributed by atoms with Crippen LogP contribution in [0.4, 0.5) is 0 Å². The molecular formula is C10H21N. The summed E-state index contributed by atoms with van der Waals surface area (Å²) in [4.78, 5) is 0. The molecule has 0 aliphatic carbocycles. The SMILES string of the molecule is CC1(C)CC(C)(C)C(C)(C)N1. The van der Waals surface area contributed by atoms with Crippen molar-refractivity contribution in [2.75, 3.05) is 0 Å². The molecule has 1 heterocycles. The van der Waals surface area contributed by atoms with Crippen LogP contribution in [0, 0.1) is 5.41 Å². The first kappa shape index (κ1) is 9.05. The van der Waals surface area contributed by atoms with Crippen LogP contribution in [0.5, 0.6) is 0 Å². The maximum atomic E-state index is 3.66. The Bertz CT molecular complexity index is 148. The molecule has 66 valence electrons.